The first kappa shape index (κ1) is 92.1. The van der Waals surface area contributed by atoms with Crippen molar-refractivity contribution >= 4 is 17.6 Å². The number of carbonyl (C=O) groups excluding carboxylic acids is 2. The van der Waals surface area contributed by atoms with Crippen molar-refractivity contribution in [1.29, 1.82) is 0 Å². The Hall–Kier alpha value is -3.83. The number of amides is 2. The van der Waals surface area contributed by atoms with Crippen molar-refractivity contribution in [3.05, 3.63) is 24.4 Å². The average Bonchev–Trinajstić information content (AvgIpc) is 0.770. The van der Waals surface area contributed by atoms with Crippen LogP contribution in [0.3, 0.4) is 0 Å². The highest BCUT2D eigenvalue weighted by atomic mass is 16.8. The first-order valence-corrected chi connectivity index (χ1v) is 35.6. The van der Waals surface area contributed by atoms with E-state index in [0.29, 0.717) is 0 Å². The molecule has 8 fully saturated rings. The molecular weight excluding hydrogens is 1530 g/mol. The summed E-state index contributed by atoms with van der Waals surface area (Å²) in [6, 6.07) is 1.31. The number of anilines is 1. The maximum absolute atomic E-state index is 13.1. The van der Waals surface area contributed by atoms with Crippen LogP contribution >= 0.6 is 0 Å². The van der Waals surface area contributed by atoms with Crippen LogP contribution in [-0.2, 0) is 85.4 Å². The second-order valence-corrected chi connectivity index (χ2v) is 27.9. The lowest BCUT2D eigenvalue weighted by molar-refractivity contribution is -0.408. The smallest absolute Gasteiger partial charge is 0.217 e. The Balaban J connectivity index is 1.07. The molecule has 646 valence electrons. The number of aliphatic hydroxyl groups excluding tert-OH is 27. The third-order valence-electron chi connectivity index (χ3n) is 20.2. The van der Waals surface area contributed by atoms with Crippen molar-refractivity contribution in [2.24, 2.45) is 0 Å². The molecule has 0 saturated carbocycles. The molecule has 0 bridgehead atoms. The van der Waals surface area contributed by atoms with Gasteiger partial charge in [0.1, 0.15) is 219 Å². The van der Waals surface area contributed by atoms with Gasteiger partial charge in [0.15, 0.2) is 50.3 Å². The SMILES string of the molecule is CC(=O)N[C@H]1[C@H](O[C@@H]([C@H](O)[C@H](CNc2ccccn2)NC(C)=O)[C@H](O)CO)O[C@H](CO)[C@@H](O[C@@H]2O[C@H](CO[C@@H]3O[C@@H](CO[C@@H]4O[C@@H](CO)[C@H](O)[C@@H](O)[C@H]4O)[C@H](O)[C@@H](O)[C@H]3O[C@@H]3O[C@@H](CO)[C@H](O)[C@@H](O)[C@H]3O)[C@@H](O)[C@H](O[C@@H]3O[C@@H](CO)[C@H](O)[C@@H](O)[C@H]3O[C@@H]3O[C@@H](CO)[C@H](O)[C@@H](O)[C@H]3O[C@@H]3O[C@@H](CO)[C@H](O)[C@@H](O)[C@H]3O)[C@@H]2O)[C@@H]1O. The number of ether oxygens (including phenoxy) is 16. The van der Waals surface area contributed by atoms with Crippen LogP contribution in [0.1, 0.15) is 13.8 Å². The highest BCUT2D eigenvalue weighted by molar-refractivity contribution is 5.73. The van der Waals surface area contributed by atoms with Crippen LogP contribution in [0.15, 0.2) is 24.4 Å². The summed E-state index contributed by atoms with van der Waals surface area (Å²) in [6.07, 6.45) is -89.0. The fraction of sp³-hybridized carbons (Fsp3) is 0.889. The fourth-order valence-electron chi connectivity index (χ4n) is 13.8. The molecule has 2 amide bonds. The van der Waals surface area contributed by atoms with Crippen LogP contribution in [-0.4, -0.2) is 491 Å². The second-order valence-electron chi connectivity index (χ2n) is 27.9. The van der Waals surface area contributed by atoms with E-state index in [1.165, 1.54) is 12.3 Å². The lowest BCUT2D eigenvalue weighted by atomic mass is 9.94. The maximum Gasteiger partial charge on any atom is 0.217 e. The molecule has 8 aliphatic heterocycles. The Labute approximate surface area is 634 Å². The Bertz CT molecular complexity index is 2990. The van der Waals surface area contributed by atoms with E-state index in [4.69, 9.17) is 75.8 Å². The van der Waals surface area contributed by atoms with E-state index >= 15 is 0 Å². The van der Waals surface area contributed by atoms with E-state index in [9.17, 15) is 147 Å². The molecular formula is C63H104N4O45. The normalized spacial score (nSPS) is 46.0. The molecule has 1 aromatic rings. The number of hydrogen-bond acceptors (Lipinski definition) is 47. The number of rotatable bonds is 33. The molecule has 9 heterocycles. The van der Waals surface area contributed by atoms with Gasteiger partial charge in [-0.15, -0.1) is 0 Å². The summed E-state index contributed by atoms with van der Waals surface area (Å²) >= 11 is 0. The van der Waals surface area contributed by atoms with Gasteiger partial charge in [0.05, 0.1) is 65.5 Å². The van der Waals surface area contributed by atoms with E-state index in [1.807, 2.05) is 0 Å². The summed E-state index contributed by atoms with van der Waals surface area (Å²) in [4.78, 5) is 29.8. The quantitative estimate of drug-likeness (QED) is 0.0311. The standard InChI is InChI=1S/C63H104N4O45/c1-17(75)66-19(7-65-29-5-3-4-6-64-29)31(78)50(20(77)8-68)107-56-30(67-18(2)76)39(86)51(26(14-74)104-56)108-60-49(96)52(109-62-55(44(91)36(83)24(12-72)102-62)112-63-54(43(90)35(82)25(13-73)103-63)111-59-48(95)42(89)34(81)23(11-71)101-59)38(85)28(105-60)16-98-61-53(110-58-47(94)41(88)33(80)22(10-70)100-58)45(92)37(84)27(106-61)15-97-57-46(93)40(87)32(79)21(9-69)99-57/h3-6,19-28,30-63,68-74,77-96H,7-16H2,1-2H3,(H,64,65)(H,66,75)(H,67,76)/t19-,20+,21-,22-,23-,24-,25-,26+,27-,28+,30+,31+,32-,33-,34-,35-,36-,37-,38+,39+,40+,41+,42+,43+,44+,45+,46+,47+,48+,49-,50+,51+,52-,53+,54+,55+,56-,57+,58-,59-,60-,61+,62-,63-/m0/s1. The first-order valence-electron chi connectivity index (χ1n) is 35.6. The van der Waals surface area contributed by atoms with E-state index in [-0.39, 0.29) is 12.4 Å². The summed E-state index contributed by atoms with van der Waals surface area (Å²) in [7, 11) is 0. The van der Waals surface area contributed by atoms with Gasteiger partial charge in [0.25, 0.3) is 0 Å². The molecule has 44 atom stereocenters. The summed E-state index contributed by atoms with van der Waals surface area (Å²) in [5.41, 5.74) is 0. The van der Waals surface area contributed by atoms with Gasteiger partial charge in [-0.1, -0.05) is 6.07 Å². The first-order chi connectivity index (χ1) is 53.2. The summed E-state index contributed by atoms with van der Waals surface area (Å²) in [5.74, 6) is -1.45. The molecule has 8 aliphatic rings. The van der Waals surface area contributed by atoms with Crippen molar-refractivity contribution in [2.75, 3.05) is 71.3 Å². The Morgan fingerprint density at radius 1 is 0.393 bits per heavy atom. The van der Waals surface area contributed by atoms with Gasteiger partial charge in [0, 0.05) is 26.6 Å². The van der Waals surface area contributed by atoms with Gasteiger partial charge < -0.3 is 230 Å². The molecule has 0 aliphatic carbocycles. The van der Waals surface area contributed by atoms with Crippen LogP contribution in [0.4, 0.5) is 5.82 Å². The summed E-state index contributed by atoms with van der Waals surface area (Å²) < 4.78 is 94.3. The van der Waals surface area contributed by atoms with Crippen LogP contribution in [0.2, 0.25) is 0 Å². The molecule has 30 N–H and O–H groups in total. The lowest BCUT2D eigenvalue weighted by Crippen LogP contribution is -2.70. The van der Waals surface area contributed by atoms with E-state index < -0.39 is 341 Å². The van der Waals surface area contributed by atoms with Gasteiger partial charge in [-0.2, -0.15) is 0 Å². The molecule has 0 unspecified atom stereocenters. The van der Waals surface area contributed by atoms with Crippen molar-refractivity contribution in [1.82, 2.24) is 15.6 Å². The minimum atomic E-state index is -2.62. The molecule has 1 aromatic heterocycles. The van der Waals surface area contributed by atoms with Gasteiger partial charge in [-0.25, -0.2) is 4.98 Å². The zero-order valence-corrected chi connectivity index (χ0v) is 59.7. The number of nitrogens with one attached hydrogen (secondary N) is 3. The van der Waals surface area contributed by atoms with Crippen LogP contribution < -0.4 is 16.0 Å². The number of nitrogens with zero attached hydrogens (tertiary/aromatic N) is 1. The second kappa shape index (κ2) is 41.2. The van der Waals surface area contributed by atoms with Crippen molar-refractivity contribution in [3.8, 4) is 0 Å². The molecule has 0 aromatic carbocycles. The third kappa shape index (κ3) is 20.9. The molecule has 49 heteroatoms. The lowest BCUT2D eigenvalue weighted by Gasteiger charge is -2.51. The van der Waals surface area contributed by atoms with E-state index in [0.717, 1.165) is 13.8 Å². The van der Waals surface area contributed by atoms with Crippen molar-refractivity contribution in [3.63, 3.8) is 0 Å². The van der Waals surface area contributed by atoms with E-state index in [1.54, 1.807) is 12.1 Å². The molecule has 0 radical (unpaired) electrons. The Morgan fingerprint density at radius 2 is 0.768 bits per heavy atom. The van der Waals surface area contributed by atoms with Crippen LogP contribution in [0, 0.1) is 0 Å². The van der Waals surface area contributed by atoms with Gasteiger partial charge in [-0.05, 0) is 12.1 Å². The van der Waals surface area contributed by atoms with Crippen LogP contribution in [0.5, 0.6) is 0 Å². The fourth-order valence-corrected chi connectivity index (χ4v) is 13.8. The Morgan fingerprint density at radius 3 is 1.22 bits per heavy atom. The number of carbonyl (C=O) groups is 2. The topological polar surface area (TPSA) is 777 Å². The number of hydrogen-bond donors (Lipinski definition) is 30. The number of pyridine rings is 1. The molecule has 49 nitrogen and oxygen atoms in total. The molecule has 112 heavy (non-hydrogen) atoms. The summed E-state index contributed by atoms with van der Waals surface area (Å²) in [6.45, 7) is -8.31. The summed E-state index contributed by atoms with van der Waals surface area (Å²) in [5, 5.41) is 307. The maximum atomic E-state index is 13.1. The number of aliphatic hydroxyl groups is 27. The molecule has 8 saturated heterocycles. The van der Waals surface area contributed by atoms with Crippen molar-refractivity contribution in [2.45, 2.75) is 284 Å². The van der Waals surface area contributed by atoms with Gasteiger partial charge in [-0.3, -0.25) is 9.59 Å². The average molecular weight is 1640 g/mol. The molecule has 9 rings (SSSR count). The van der Waals surface area contributed by atoms with Gasteiger partial charge in [0.2, 0.25) is 11.8 Å². The van der Waals surface area contributed by atoms with Gasteiger partial charge >= 0.3 is 0 Å². The largest absolute Gasteiger partial charge is 0.394 e. The van der Waals surface area contributed by atoms with Crippen LogP contribution in [0.25, 0.3) is 0 Å². The predicted molar refractivity (Wildman–Crippen MR) is 348 cm³/mol. The van der Waals surface area contributed by atoms with E-state index in [2.05, 4.69) is 20.9 Å². The third-order valence-corrected chi connectivity index (χ3v) is 20.2. The predicted octanol–water partition coefficient (Wildman–Crippen LogP) is -19.2. The Kier molecular flexibility index (Phi) is 33.9. The number of aromatic nitrogens is 1. The zero-order chi connectivity index (χ0) is 82.2. The minimum absolute atomic E-state index is 0.241. The highest BCUT2D eigenvalue weighted by Gasteiger charge is 2.60. The molecule has 0 spiro atoms. The monoisotopic (exact) mass is 1640 g/mol. The highest BCUT2D eigenvalue weighted by Crippen LogP contribution is 2.39. The zero-order valence-electron chi connectivity index (χ0n) is 59.7. The van der Waals surface area contributed by atoms with Crippen molar-refractivity contribution < 1.29 is 223 Å². The minimum Gasteiger partial charge on any atom is -0.394 e.